The van der Waals surface area contributed by atoms with Crippen molar-refractivity contribution in [1.29, 1.82) is 0 Å². The summed E-state index contributed by atoms with van der Waals surface area (Å²) in [4.78, 5) is 25.6. The van der Waals surface area contributed by atoms with E-state index in [1.165, 1.54) is 11.3 Å². The van der Waals surface area contributed by atoms with Crippen LogP contribution >= 0.6 is 0 Å². The van der Waals surface area contributed by atoms with Crippen molar-refractivity contribution in [3.05, 3.63) is 77.7 Å². The summed E-state index contributed by atoms with van der Waals surface area (Å²) in [5.41, 5.74) is 12.8. The molecule has 0 spiro atoms. The minimum atomic E-state index is 0.0463. The van der Waals surface area contributed by atoms with Gasteiger partial charge in [-0.25, -0.2) is 4.98 Å². The van der Waals surface area contributed by atoms with E-state index >= 15 is 0 Å². The molecule has 1 amide bonds. The minimum absolute atomic E-state index is 0.0463. The Balaban J connectivity index is 1.32. The van der Waals surface area contributed by atoms with E-state index < -0.39 is 0 Å². The number of anilines is 1. The number of nitrogens with zero attached hydrogens (tertiary/aromatic N) is 5. The quantitative estimate of drug-likeness (QED) is 0.439. The number of benzene rings is 1. The number of carbonyl (C=O) groups excluding carboxylic acids is 1. The van der Waals surface area contributed by atoms with Gasteiger partial charge in [-0.05, 0) is 80.7 Å². The van der Waals surface area contributed by atoms with Gasteiger partial charge >= 0.3 is 0 Å². The third-order valence-corrected chi connectivity index (χ3v) is 7.57. The number of piperidine rings is 1. The SMILES string of the molecule is CC(c1cc2c(-c3ccc(N)cn3)ccnc2n1C)N1CCC(c2ccc(C(=O)N(C)C)cc2)CC1. The van der Waals surface area contributed by atoms with E-state index in [4.69, 9.17) is 5.73 Å². The van der Waals surface area contributed by atoms with Crippen LogP contribution in [0.15, 0.2) is 60.9 Å². The normalized spacial score (nSPS) is 15.8. The first-order valence-electron chi connectivity index (χ1n) is 12.6. The first-order chi connectivity index (χ1) is 17.3. The molecular weight excluding hydrogens is 448 g/mol. The fourth-order valence-electron chi connectivity index (χ4n) is 5.39. The van der Waals surface area contributed by atoms with Crippen LogP contribution in [0.4, 0.5) is 5.69 Å². The summed E-state index contributed by atoms with van der Waals surface area (Å²) in [6.07, 6.45) is 5.77. The number of aromatic nitrogens is 3. The smallest absolute Gasteiger partial charge is 0.253 e. The molecule has 0 radical (unpaired) electrons. The fraction of sp³-hybridized carbons (Fsp3) is 0.345. The number of aryl methyl sites for hydroxylation is 1. The first-order valence-corrected chi connectivity index (χ1v) is 12.6. The molecule has 1 unspecified atom stereocenters. The number of hydrogen-bond acceptors (Lipinski definition) is 5. The van der Waals surface area contributed by atoms with Crippen molar-refractivity contribution in [3.8, 4) is 11.3 Å². The second kappa shape index (κ2) is 9.74. The zero-order chi connectivity index (χ0) is 25.4. The number of amides is 1. The second-order valence-corrected chi connectivity index (χ2v) is 10.0. The Bertz CT molecular complexity index is 1370. The fourth-order valence-corrected chi connectivity index (χ4v) is 5.39. The average Bonchev–Trinajstić information content (AvgIpc) is 3.25. The third-order valence-electron chi connectivity index (χ3n) is 7.57. The molecule has 1 fully saturated rings. The maximum atomic E-state index is 12.2. The molecule has 4 aromatic rings. The summed E-state index contributed by atoms with van der Waals surface area (Å²) >= 11 is 0. The highest BCUT2D eigenvalue weighted by Crippen LogP contribution is 2.35. The van der Waals surface area contributed by atoms with Gasteiger partial charge in [-0.15, -0.1) is 0 Å². The van der Waals surface area contributed by atoms with Crippen molar-refractivity contribution in [2.45, 2.75) is 31.7 Å². The maximum Gasteiger partial charge on any atom is 0.253 e. The molecule has 1 atom stereocenters. The number of nitrogen functional groups attached to an aromatic ring is 1. The Labute approximate surface area is 212 Å². The molecule has 7 heteroatoms. The van der Waals surface area contributed by atoms with Gasteiger partial charge in [-0.3, -0.25) is 14.7 Å². The van der Waals surface area contributed by atoms with Crippen LogP contribution in [0.2, 0.25) is 0 Å². The highest BCUT2D eigenvalue weighted by molar-refractivity contribution is 5.94. The lowest BCUT2D eigenvalue weighted by atomic mass is 9.88. The standard InChI is InChI=1S/C29H34N6O/c1-19(35-15-12-21(13-16-35)20-5-7-22(8-6-20)29(36)33(2)3)27-17-25-24(11-14-31-28(25)34(27)4)26-10-9-23(30)18-32-26/h5-11,14,17-19,21H,12-13,15-16,30H2,1-4H3. The van der Waals surface area contributed by atoms with Crippen LogP contribution < -0.4 is 5.73 Å². The van der Waals surface area contributed by atoms with Gasteiger partial charge in [0.05, 0.1) is 17.6 Å². The second-order valence-electron chi connectivity index (χ2n) is 10.0. The van der Waals surface area contributed by atoms with E-state index in [1.807, 2.05) is 36.5 Å². The summed E-state index contributed by atoms with van der Waals surface area (Å²) in [6, 6.07) is 16.6. The number of likely N-dealkylation sites (tertiary alicyclic amines) is 1. The molecule has 0 aliphatic carbocycles. The number of nitrogens with two attached hydrogens (primary N) is 1. The monoisotopic (exact) mass is 482 g/mol. The third kappa shape index (κ3) is 4.46. The summed E-state index contributed by atoms with van der Waals surface area (Å²) in [5.74, 6) is 0.569. The summed E-state index contributed by atoms with van der Waals surface area (Å²) in [5, 5.41) is 1.11. The van der Waals surface area contributed by atoms with E-state index in [2.05, 4.69) is 51.6 Å². The van der Waals surface area contributed by atoms with Crippen molar-refractivity contribution < 1.29 is 4.79 Å². The van der Waals surface area contributed by atoms with E-state index in [-0.39, 0.29) is 11.9 Å². The summed E-state index contributed by atoms with van der Waals surface area (Å²) in [6.45, 7) is 4.36. The van der Waals surface area contributed by atoms with Gasteiger partial charge in [0.2, 0.25) is 0 Å². The topological polar surface area (TPSA) is 80.3 Å². The van der Waals surface area contributed by atoms with Crippen molar-refractivity contribution in [3.63, 3.8) is 0 Å². The van der Waals surface area contributed by atoms with Gasteiger partial charge < -0.3 is 15.2 Å². The molecule has 1 aliphatic heterocycles. The summed E-state index contributed by atoms with van der Waals surface area (Å²) in [7, 11) is 5.67. The number of rotatable bonds is 5. The highest BCUT2D eigenvalue weighted by atomic mass is 16.2. The van der Waals surface area contributed by atoms with Crippen LogP contribution in [0.25, 0.3) is 22.3 Å². The number of hydrogen-bond donors (Lipinski definition) is 1. The molecule has 186 valence electrons. The van der Waals surface area contributed by atoms with Crippen LogP contribution in [-0.4, -0.2) is 57.4 Å². The van der Waals surface area contributed by atoms with Crippen LogP contribution in [0, 0.1) is 0 Å². The lowest BCUT2D eigenvalue weighted by molar-refractivity contribution is 0.0827. The average molecular weight is 483 g/mol. The molecule has 36 heavy (non-hydrogen) atoms. The molecule has 3 aromatic heterocycles. The van der Waals surface area contributed by atoms with Crippen LogP contribution in [0.5, 0.6) is 0 Å². The Morgan fingerprint density at radius 3 is 2.42 bits per heavy atom. The zero-order valence-corrected chi connectivity index (χ0v) is 21.5. The predicted octanol–water partition coefficient (Wildman–Crippen LogP) is 4.86. The number of pyridine rings is 2. The lowest BCUT2D eigenvalue weighted by Gasteiger charge is -2.36. The Morgan fingerprint density at radius 1 is 1.06 bits per heavy atom. The molecule has 1 aliphatic rings. The lowest BCUT2D eigenvalue weighted by Crippen LogP contribution is -2.35. The minimum Gasteiger partial charge on any atom is -0.397 e. The molecule has 7 nitrogen and oxygen atoms in total. The summed E-state index contributed by atoms with van der Waals surface area (Å²) < 4.78 is 2.22. The molecule has 2 N–H and O–H groups in total. The molecule has 5 rings (SSSR count). The van der Waals surface area contributed by atoms with Gasteiger partial charge in [0.25, 0.3) is 5.91 Å². The number of carbonyl (C=O) groups is 1. The highest BCUT2D eigenvalue weighted by Gasteiger charge is 2.27. The maximum absolute atomic E-state index is 12.2. The van der Waals surface area contributed by atoms with Crippen molar-refractivity contribution in [1.82, 2.24) is 24.3 Å². The largest absolute Gasteiger partial charge is 0.397 e. The first kappa shape index (κ1) is 24.0. The zero-order valence-electron chi connectivity index (χ0n) is 21.5. The predicted molar refractivity (Wildman–Crippen MR) is 145 cm³/mol. The Kier molecular flexibility index (Phi) is 6.49. The molecule has 4 heterocycles. The van der Waals surface area contributed by atoms with Gasteiger partial charge in [0.15, 0.2) is 0 Å². The van der Waals surface area contributed by atoms with Gasteiger partial charge in [-0.2, -0.15) is 0 Å². The molecule has 0 bridgehead atoms. The Hall–Kier alpha value is -3.71. The van der Waals surface area contributed by atoms with E-state index in [0.717, 1.165) is 53.8 Å². The van der Waals surface area contributed by atoms with Crippen molar-refractivity contribution in [2.75, 3.05) is 32.9 Å². The van der Waals surface area contributed by atoms with E-state index in [0.29, 0.717) is 11.6 Å². The molecule has 1 aromatic carbocycles. The number of fused-ring (bicyclic) bond motifs is 1. The van der Waals surface area contributed by atoms with Gasteiger partial charge in [0.1, 0.15) is 5.65 Å². The molecule has 0 saturated carbocycles. The van der Waals surface area contributed by atoms with Crippen molar-refractivity contribution in [2.24, 2.45) is 7.05 Å². The Morgan fingerprint density at radius 2 is 1.78 bits per heavy atom. The van der Waals surface area contributed by atoms with E-state index in [1.54, 1.807) is 25.2 Å². The van der Waals surface area contributed by atoms with E-state index in [9.17, 15) is 4.79 Å². The van der Waals surface area contributed by atoms with Crippen LogP contribution in [0.3, 0.4) is 0 Å². The van der Waals surface area contributed by atoms with Crippen LogP contribution in [-0.2, 0) is 7.05 Å². The molecular formula is C29H34N6O. The van der Waals surface area contributed by atoms with Crippen molar-refractivity contribution >= 4 is 22.6 Å². The van der Waals surface area contributed by atoms with Gasteiger partial charge in [-0.1, -0.05) is 12.1 Å². The molecule has 1 saturated heterocycles. The van der Waals surface area contributed by atoms with Crippen LogP contribution in [0.1, 0.15) is 53.3 Å². The van der Waals surface area contributed by atoms with Gasteiger partial charge in [0, 0.05) is 55.6 Å².